The average Bonchev–Trinajstić information content (AvgIpc) is 2.74. The Morgan fingerprint density at radius 1 is 1.10 bits per heavy atom. The minimum atomic E-state index is -0.0648. The highest BCUT2D eigenvalue weighted by Crippen LogP contribution is 2.35. The monoisotopic (exact) mass is 428 g/mol. The van der Waals surface area contributed by atoms with E-state index < -0.39 is 0 Å². The van der Waals surface area contributed by atoms with Crippen LogP contribution >= 0.6 is 12.4 Å². The lowest BCUT2D eigenvalue weighted by atomic mass is 10.1. The highest BCUT2D eigenvalue weighted by atomic mass is 35.5. The van der Waals surface area contributed by atoms with Crippen LogP contribution in [0.3, 0.4) is 0 Å². The van der Waals surface area contributed by atoms with Crippen molar-refractivity contribution in [1.29, 1.82) is 0 Å². The van der Waals surface area contributed by atoms with Crippen molar-refractivity contribution < 1.29 is 14.3 Å². The summed E-state index contributed by atoms with van der Waals surface area (Å²) in [7, 11) is 0. The van der Waals surface area contributed by atoms with E-state index in [9.17, 15) is 4.79 Å². The highest BCUT2D eigenvalue weighted by Gasteiger charge is 2.21. The Hall–Kier alpha value is -3.06. The fourth-order valence-corrected chi connectivity index (χ4v) is 3.42. The standard InChI is InChI=1S/C22H24N4O3.ClH/c1-4-26(5-2)22(27)17-13-23-21-16(8-6-14(3)24-21)20(17)25-15-7-9-18-19(12-15)29-11-10-28-18;/h6-9,12-13H,4-5,10-11H2,1-3H3,(H,23,24,25);1H. The summed E-state index contributed by atoms with van der Waals surface area (Å²) in [6, 6.07) is 9.53. The predicted octanol–water partition coefficient (Wildman–Crippen LogP) is 4.36. The number of carbonyl (C=O) groups is 1. The third-order valence-corrected chi connectivity index (χ3v) is 4.96. The van der Waals surface area contributed by atoms with E-state index in [-0.39, 0.29) is 18.3 Å². The number of hydrogen-bond acceptors (Lipinski definition) is 6. The van der Waals surface area contributed by atoms with Gasteiger partial charge in [0.1, 0.15) is 13.2 Å². The van der Waals surface area contributed by atoms with Crippen LogP contribution in [0.5, 0.6) is 11.5 Å². The number of amides is 1. The van der Waals surface area contributed by atoms with Gasteiger partial charge in [0.2, 0.25) is 0 Å². The molecule has 1 N–H and O–H groups in total. The zero-order chi connectivity index (χ0) is 20.4. The van der Waals surface area contributed by atoms with Gasteiger partial charge in [-0.2, -0.15) is 0 Å². The van der Waals surface area contributed by atoms with Gasteiger partial charge in [-0.1, -0.05) is 0 Å². The molecule has 158 valence electrons. The van der Waals surface area contributed by atoms with Crippen LogP contribution in [0, 0.1) is 6.92 Å². The molecule has 1 amide bonds. The molecule has 1 aliphatic rings. The Labute approximate surface area is 181 Å². The Morgan fingerprint density at radius 3 is 2.57 bits per heavy atom. The second-order valence-electron chi connectivity index (χ2n) is 6.83. The Balaban J connectivity index is 0.00000256. The molecule has 7 nitrogen and oxygen atoms in total. The first-order chi connectivity index (χ1) is 14.1. The number of ether oxygens (including phenoxy) is 2. The fourth-order valence-electron chi connectivity index (χ4n) is 3.42. The van der Waals surface area contributed by atoms with Crippen LogP contribution < -0.4 is 14.8 Å². The van der Waals surface area contributed by atoms with Crippen LogP contribution in [-0.2, 0) is 0 Å². The number of nitrogens with one attached hydrogen (secondary N) is 1. The summed E-state index contributed by atoms with van der Waals surface area (Å²) in [6.45, 7) is 8.17. The summed E-state index contributed by atoms with van der Waals surface area (Å²) in [5, 5.41) is 4.20. The van der Waals surface area contributed by atoms with Crippen molar-refractivity contribution in [3.63, 3.8) is 0 Å². The number of halogens is 1. The molecular weight excluding hydrogens is 404 g/mol. The Bertz CT molecular complexity index is 1070. The Kier molecular flexibility index (Phi) is 6.62. The molecule has 3 aromatic rings. The lowest BCUT2D eigenvalue weighted by Crippen LogP contribution is -2.31. The first kappa shape index (κ1) is 21.6. The van der Waals surface area contributed by atoms with Gasteiger partial charge in [-0.15, -0.1) is 12.4 Å². The molecule has 0 aliphatic carbocycles. The van der Waals surface area contributed by atoms with Gasteiger partial charge in [-0.3, -0.25) is 4.79 Å². The first-order valence-electron chi connectivity index (χ1n) is 9.83. The van der Waals surface area contributed by atoms with Gasteiger partial charge in [-0.05, 0) is 45.0 Å². The lowest BCUT2D eigenvalue weighted by molar-refractivity contribution is 0.0773. The quantitative estimate of drug-likeness (QED) is 0.650. The van der Waals surface area contributed by atoms with Gasteiger partial charge < -0.3 is 19.7 Å². The predicted molar refractivity (Wildman–Crippen MR) is 119 cm³/mol. The molecule has 3 heterocycles. The van der Waals surface area contributed by atoms with Gasteiger partial charge in [-0.25, -0.2) is 9.97 Å². The fraction of sp³-hybridized carbons (Fsp3) is 0.318. The molecule has 1 aromatic carbocycles. The summed E-state index contributed by atoms with van der Waals surface area (Å²) < 4.78 is 11.3. The number of carbonyl (C=O) groups excluding carboxylic acids is 1. The molecule has 0 radical (unpaired) electrons. The third kappa shape index (κ3) is 4.11. The largest absolute Gasteiger partial charge is 0.486 e. The van der Waals surface area contributed by atoms with E-state index in [2.05, 4.69) is 15.3 Å². The van der Waals surface area contributed by atoms with Crippen molar-refractivity contribution >= 4 is 40.7 Å². The van der Waals surface area contributed by atoms with E-state index in [4.69, 9.17) is 9.47 Å². The zero-order valence-corrected chi connectivity index (χ0v) is 18.1. The van der Waals surface area contributed by atoms with Crippen molar-refractivity contribution in [3.8, 4) is 11.5 Å². The maximum absolute atomic E-state index is 13.1. The number of aromatic nitrogens is 2. The number of aryl methyl sites for hydroxylation is 1. The van der Waals surface area contributed by atoms with Gasteiger partial charge in [0, 0.05) is 42.1 Å². The number of fused-ring (bicyclic) bond motifs is 2. The van der Waals surface area contributed by atoms with Crippen molar-refractivity contribution in [1.82, 2.24) is 14.9 Å². The molecule has 30 heavy (non-hydrogen) atoms. The SMILES string of the molecule is CCN(CC)C(=O)c1cnc2nc(C)ccc2c1Nc1ccc2c(c1)OCCO2.Cl. The minimum Gasteiger partial charge on any atom is -0.486 e. The number of hydrogen-bond donors (Lipinski definition) is 1. The average molecular weight is 429 g/mol. The lowest BCUT2D eigenvalue weighted by Gasteiger charge is -2.22. The summed E-state index contributed by atoms with van der Waals surface area (Å²) in [5.41, 5.74) is 3.48. The highest BCUT2D eigenvalue weighted by molar-refractivity contribution is 6.07. The number of rotatable bonds is 5. The summed E-state index contributed by atoms with van der Waals surface area (Å²) in [6.07, 6.45) is 1.61. The van der Waals surface area contributed by atoms with Gasteiger partial charge >= 0.3 is 0 Å². The maximum Gasteiger partial charge on any atom is 0.257 e. The zero-order valence-electron chi connectivity index (χ0n) is 17.3. The topological polar surface area (TPSA) is 76.6 Å². The minimum absolute atomic E-state index is 0. The van der Waals surface area contributed by atoms with E-state index in [1.165, 1.54) is 0 Å². The van der Waals surface area contributed by atoms with Gasteiger partial charge in [0.25, 0.3) is 5.91 Å². The van der Waals surface area contributed by atoms with Gasteiger partial charge in [0.05, 0.1) is 11.3 Å². The van der Waals surface area contributed by atoms with Crippen molar-refractivity contribution in [3.05, 3.63) is 47.8 Å². The molecule has 2 aromatic heterocycles. The summed E-state index contributed by atoms with van der Waals surface area (Å²) >= 11 is 0. The van der Waals surface area contributed by atoms with Crippen LogP contribution in [0.25, 0.3) is 11.0 Å². The van der Waals surface area contributed by atoms with Crippen LogP contribution in [0.15, 0.2) is 36.5 Å². The molecule has 1 aliphatic heterocycles. The maximum atomic E-state index is 13.1. The number of nitrogens with zero attached hydrogens (tertiary/aromatic N) is 3. The molecule has 0 saturated heterocycles. The van der Waals surface area contributed by atoms with Crippen molar-refractivity contribution in [2.75, 3.05) is 31.6 Å². The van der Waals surface area contributed by atoms with E-state index in [0.29, 0.717) is 49.0 Å². The van der Waals surface area contributed by atoms with Gasteiger partial charge in [0.15, 0.2) is 17.1 Å². The number of pyridine rings is 2. The molecular formula is C22H25ClN4O3. The molecule has 8 heteroatoms. The number of anilines is 2. The molecule has 4 rings (SSSR count). The normalized spacial score (nSPS) is 12.2. The molecule has 0 atom stereocenters. The van der Waals surface area contributed by atoms with E-state index in [0.717, 1.165) is 22.5 Å². The summed E-state index contributed by atoms with van der Waals surface area (Å²) in [4.78, 5) is 23.9. The smallest absolute Gasteiger partial charge is 0.257 e. The molecule has 0 spiro atoms. The van der Waals surface area contributed by atoms with Crippen LogP contribution in [0.4, 0.5) is 11.4 Å². The van der Waals surface area contributed by atoms with Crippen molar-refractivity contribution in [2.24, 2.45) is 0 Å². The molecule has 0 saturated carbocycles. The molecule has 0 unspecified atom stereocenters. The van der Waals surface area contributed by atoms with Crippen molar-refractivity contribution in [2.45, 2.75) is 20.8 Å². The second-order valence-corrected chi connectivity index (χ2v) is 6.83. The van der Waals surface area contributed by atoms with Crippen LogP contribution in [0.2, 0.25) is 0 Å². The third-order valence-electron chi connectivity index (χ3n) is 4.96. The molecule has 0 fully saturated rings. The van der Waals surface area contributed by atoms with E-state index in [1.54, 1.807) is 11.1 Å². The Morgan fingerprint density at radius 2 is 1.83 bits per heavy atom. The second kappa shape index (κ2) is 9.17. The van der Waals surface area contributed by atoms with E-state index >= 15 is 0 Å². The van der Waals surface area contributed by atoms with Crippen LogP contribution in [0.1, 0.15) is 29.9 Å². The van der Waals surface area contributed by atoms with Crippen LogP contribution in [-0.4, -0.2) is 47.1 Å². The number of benzene rings is 1. The van der Waals surface area contributed by atoms with E-state index in [1.807, 2.05) is 51.1 Å². The summed E-state index contributed by atoms with van der Waals surface area (Å²) in [5.74, 6) is 1.34. The first-order valence-corrected chi connectivity index (χ1v) is 9.83. The molecule has 0 bridgehead atoms.